The second-order valence-corrected chi connectivity index (χ2v) is 2.29. The molecule has 0 spiro atoms. The SMILES string of the molecule is Fc1c[c]cc(OCC(F)(F)F)c1. The van der Waals surface area contributed by atoms with E-state index in [0.717, 1.165) is 18.2 Å². The third kappa shape index (κ3) is 3.78. The Kier molecular flexibility index (Phi) is 2.75. The van der Waals surface area contributed by atoms with Gasteiger partial charge in [0.25, 0.3) is 0 Å². The van der Waals surface area contributed by atoms with Crippen LogP contribution in [0.15, 0.2) is 18.2 Å². The van der Waals surface area contributed by atoms with Crippen LogP contribution in [0.5, 0.6) is 5.75 Å². The van der Waals surface area contributed by atoms with E-state index in [1.54, 1.807) is 0 Å². The topological polar surface area (TPSA) is 9.23 Å². The van der Waals surface area contributed by atoms with Crippen LogP contribution in [0.1, 0.15) is 0 Å². The van der Waals surface area contributed by atoms with E-state index in [2.05, 4.69) is 10.8 Å². The Bertz CT molecular complexity index is 282. The molecule has 0 bridgehead atoms. The van der Waals surface area contributed by atoms with Crippen LogP contribution >= 0.6 is 0 Å². The van der Waals surface area contributed by atoms with E-state index >= 15 is 0 Å². The van der Waals surface area contributed by atoms with Gasteiger partial charge in [-0.15, -0.1) is 0 Å². The summed E-state index contributed by atoms with van der Waals surface area (Å²) in [7, 11) is 0. The molecule has 0 saturated heterocycles. The molecule has 1 aromatic rings. The fraction of sp³-hybridized carbons (Fsp3) is 0.250. The van der Waals surface area contributed by atoms with Crippen molar-refractivity contribution in [2.45, 2.75) is 6.18 Å². The van der Waals surface area contributed by atoms with Gasteiger partial charge in [-0.2, -0.15) is 13.2 Å². The smallest absolute Gasteiger partial charge is 0.422 e. The Morgan fingerprint density at radius 3 is 2.54 bits per heavy atom. The summed E-state index contributed by atoms with van der Waals surface area (Å²) in [6, 6.07) is 5.30. The Hall–Kier alpha value is -1.26. The Morgan fingerprint density at radius 2 is 2.00 bits per heavy atom. The highest BCUT2D eigenvalue weighted by molar-refractivity contribution is 5.21. The van der Waals surface area contributed by atoms with E-state index < -0.39 is 18.6 Å². The first kappa shape index (κ1) is 9.83. The number of hydrogen-bond acceptors (Lipinski definition) is 1. The number of ether oxygens (including phenoxy) is 1. The second-order valence-electron chi connectivity index (χ2n) is 2.29. The molecule has 1 aromatic carbocycles. The molecule has 1 radical (unpaired) electrons. The van der Waals surface area contributed by atoms with Crippen molar-refractivity contribution in [2.75, 3.05) is 6.61 Å². The highest BCUT2D eigenvalue weighted by Gasteiger charge is 2.28. The molecule has 0 unspecified atom stereocenters. The number of alkyl halides is 3. The molecule has 0 aliphatic carbocycles. The molecule has 0 N–H and O–H groups in total. The fourth-order valence-electron chi connectivity index (χ4n) is 0.671. The second kappa shape index (κ2) is 3.64. The highest BCUT2D eigenvalue weighted by Crippen LogP contribution is 2.18. The first-order valence-corrected chi connectivity index (χ1v) is 3.33. The van der Waals surface area contributed by atoms with Crippen LogP contribution < -0.4 is 4.74 Å². The van der Waals surface area contributed by atoms with E-state index in [1.807, 2.05) is 0 Å². The Morgan fingerprint density at radius 1 is 1.31 bits per heavy atom. The van der Waals surface area contributed by atoms with Gasteiger partial charge in [0, 0.05) is 6.07 Å². The molecule has 0 aliphatic rings. The molecule has 13 heavy (non-hydrogen) atoms. The van der Waals surface area contributed by atoms with Gasteiger partial charge < -0.3 is 4.74 Å². The van der Waals surface area contributed by atoms with E-state index in [-0.39, 0.29) is 5.75 Å². The van der Waals surface area contributed by atoms with Crippen molar-refractivity contribution >= 4 is 0 Å². The van der Waals surface area contributed by atoms with Gasteiger partial charge in [-0.3, -0.25) is 0 Å². The molecule has 0 aromatic heterocycles. The molecule has 0 fully saturated rings. The zero-order chi connectivity index (χ0) is 9.90. The molecule has 0 aliphatic heterocycles. The summed E-state index contributed by atoms with van der Waals surface area (Å²) in [6.07, 6.45) is -4.41. The predicted molar refractivity (Wildman–Crippen MR) is 36.8 cm³/mol. The normalized spacial score (nSPS) is 11.4. The van der Waals surface area contributed by atoms with E-state index in [1.165, 1.54) is 0 Å². The van der Waals surface area contributed by atoms with Gasteiger partial charge in [-0.05, 0) is 18.2 Å². The van der Waals surface area contributed by atoms with Gasteiger partial charge >= 0.3 is 6.18 Å². The molecule has 0 atom stereocenters. The minimum absolute atomic E-state index is 0.183. The molecular formula is C8H5F4O. The van der Waals surface area contributed by atoms with Crippen LogP contribution in [0.3, 0.4) is 0 Å². The lowest BCUT2D eigenvalue weighted by molar-refractivity contribution is -0.153. The fourth-order valence-corrected chi connectivity index (χ4v) is 0.671. The summed E-state index contributed by atoms with van der Waals surface area (Å²) in [4.78, 5) is 0. The number of hydrogen-bond donors (Lipinski definition) is 0. The average Bonchev–Trinajstić information content (AvgIpc) is 2.00. The molecule has 1 rings (SSSR count). The lowest BCUT2D eigenvalue weighted by Gasteiger charge is -2.08. The number of halogens is 4. The molecule has 0 saturated carbocycles. The third-order valence-electron chi connectivity index (χ3n) is 1.13. The first-order valence-electron chi connectivity index (χ1n) is 3.33. The maximum Gasteiger partial charge on any atom is 0.422 e. The maximum absolute atomic E-state index is 12.4. The number of benzene rings is 1. The molecule has 0 amide bonds. The van der Waals surface area contributed by atoms with Crippen LogP contribution in [0.2, 0.25) is 0 Å². The molecule has 5 heteroatoms. The van der Waals surface area contributed by atoms with Crippen LogP contribution in [0.25, 0.3) is 0 Å². The van der Waals surface area contributed by atoms with Crippen molar-refractivity contribution in [3.8, 4) is 5.75 Å². The van der Waals surface area contributed by atoms with E-state index in [9.17, 15) is 17.6 Å². The van der Waals surface area contributed by atoms with Gasteiger partial charge in [0.05, 0.1) is 0 Å². The molecule has 71 valence electrons. The summed E-state index contributed by atoms with van der Waals surface area (Å²) < 4.78 is 51.5. The quantitative estimate of drug-likeness (QED) is 0.656. The Labute approximate surface area is 71.9 Å². The zero-order valence-corrected chi connectivity index (χ0v) is 6.36. The molecule has 0 heterocycles. The van der Waals surface area contributed by atoms with Crippen LogP contribution in [0.4, 0.5) is 17.6 Å². The van der Waals surface area contributed by atoms with Gasteiger partial charge in [-0.25, -0.2) is 4.39 Å². The van der Waals surface area contributed by atoms with Crippen LogP contribution in [-0.2, 0) is 0 Å². The van der Waals surface area contributed by atoms with Crippen molar-refractivity contribution in [1.29, 1.82) is 0 Å². The van der Waals surface area contributed by atoms with Crippen molar-refractivity contribution in [3.63, 3.8) is 0 Å². The van der Waals surface area contributed by atoms with Gasteiger partial charge in [0.15, 0.2) is 6.61 Å². The first-order chi connectivity index (χ1) is 5.97. The average molecular weight is 193 g/mol. The zero-order valence-electron chi connectivity index (χ0n) is 6.36. The number of rotatable bonds is 2. The van der Waals surface area contributed by atoms with Crippen molar-refractivity contribution in [2.24, 2.45) is 0 Å². The van der Waals surface area contributed by atoms with Crippen molar-refractivity contribution < 1.29 is 22.3 Å². The van der Waals surface area contributed by atoms with Crippen molar-refractivity contribution in [1.82, 2.24) is 0 Å². The minimum Gasteiger partial charge on any atom is -0.484 e. The van der Waals surface area contributed by atoms with Crippen LogP contribution in [-0.4, -0.2) is 12.8 Å². The summed E-state index contributed by atoms with van der Waals surface area (Å²) in [6.45, 7) is -1.43. The predicted octanol–water partition coefficient (Wildman–Crippen LogP) is 2.57. The van der Waals surface area contributed by atoms with Crippen molar-refractivity contribution in [3.05, 3.63) is 30.1 Å². The van der Waals surface area contributed by atoms with Gasteiger partial charge in [-0.1, -0.05) is 0 Å². The van der Waals surface area contributed by atoms with Gasteiger partial charge in [0.1, 0.15) is 11.6 Å². The summed E-state index contributed by atoms with van der Waals surface area (Å²) in [5, 5.41) is 0. The third-order valence-corrected chi connectivity index (χ3v) is 1.13. The Balaban J connectivity index is 2.55. The highest BCUT2D eigenvalue weighted by atomic mass is 19.4. The summed E-state index contributed by atoms with van der Waals surface area (Å²) in [5.74, 6) is -0.864. The molecular weight excluding hydrogens is 188 g/mol. The summed E-state index contributed by atoms with van der Waals surface area (Å²) in [5.41, 5.74) is 0. The molecule has 1 nitrogen and oxygen atoms in total. The maximum atomic E-state index is 12.4. The lowest BCUT2D eigenvalue weighted by Crippen LogP contribution is -2.19. The minimum atomic E-state index is -4.41. The monoisotopic (exact) mass is 193 g/mol. The standard InChI is InChI=1S/C8H5F4O/c9-6-2-1-3-7(4-6)13-5-8(10,11)12/h2-4H,5H2. The van der Waals surface area contributed by atoms with Crippen LogP contribution in [0, 0.1) is 11.9 Å². The largest absolute Gasteiger partial charge is 0.484 e. The van der Waals surface area contributed by atoms with Gasteiger partial charge in [0.2, 0.25) is 0 Å². The van der Waals surface area contributed by atoms with E-state index in [4.69, 9.17) is 0 Å². The summed E-state index contributed by atoms with van der Waals surface area (Å²) >= 11 is 0. The van der Waals surface area contributed by atoms with E-state index in [0.29, 0.717) is 0 Å². The lowest BCUT2D eigenvalue weighted by atomic mass is 10.3.